The van der Waals surface area contributed by atoms with E-state index in [-0.39, 0.29) is 24.4 Å². The van der Waals surface area contributed by atoms with Gasteiger partial charge in [-0.2, -0.15) is 0 Å². The summed E-state index contributed by atoms with van der Waals surface area (Å²) >= 11 is 0. The molecule has 0 aromatic heterocycles. The molecule has 0 aromatic carbocycles. The lowest BCUT2D eigenvalue weighted by Crippen LogP contribution is -2.15. The molecule has 1 fully saturated rings. The van der Waals surface area contributed by atoms with Crippen molar-refractivity contribution in [2.75, 3.05) is 0 Å². The fourth-order valence-corrected chi connectivity index (χ4v) is 2.17. The third-order valence-electron chi connectivity index (χ3n) is 2.95. The van der Waals surface area contributed by atoms with Gasteiger partial charge in [0.25, 0.3) is 0 Å². The first-order chi connectivity index (χ1) is 7.22. The van der Waals surface area contributed by atoms with Crippen LogP contribution in [0.3, 0.4) is 0 Å². The zero-order valence-electron chi connectivity index (χ0n) is 9.04. The van der Waals surface area contributed by atoms with Crippen LogP contribution in [0, 0.1) is 5.92 Å². The maximum atomic E-state index is 11.5. The molecule has 0 heterocycles. The Hall–Kier alpha value is -0.990. The predicted octanol–water partition coefficient (Wildman–Crippen LogP) is 2.07. The summed E-state index contributed by atoms with van der Waals surface area (Å²) in [6.07, 6.45) is 6.86. The van der Waals surface area contributed by atoms with Crippen molar-refractivity contribution in [3.8, 4) is 0 Å². The average molecular weight is 210 g/mol. The van der Waals surface area contributed by atoms with E-state index in [1.54, 1.807) is 0 Å². The highest BCUT2D eigenvalue weighted by Crippen LogP contribution is 2.26. The topological polar surface area (TPSA) is 51.2 Å². The zero-order valence-corrected chi connectivity index (χ0v) is 9.04. The summed E-state index contributed by atoms with van der Waals surface area (Å²) in [7, 11) is 0. The third kappa shape index (κ3) is 4.86. The Morgan fingerprint density at radius 3 is 2.33 bits per heavy atom. The largest absolute Gasteiger partial charge is 0.303 e. The van der Waals surface area contributed by atoms with E-state index in [1.807, 2.05) is 0 Å². The summed E-state index contributed by atoms with van der Waals surface area (Å²) in [5, 5.41) is 0. The molecule has 0 unspecified atom stereocenters. The molecule has 1 aliphatic carbocycles. The van der Waals surface area contributed by atoms with Crippen molar-refractivity contribution < 1.29 is 14.4 Å². The Kier molecular flexibility index (Phi) is 5.22. The summed E-state index contributed by atoms with van der Waals surface area (Å²) < 4.78 is 0. The minimum atomic E-state index is -0.245. The van der Waals surface area contributed by atoms with Crippen LogP contribution in [0.15, 0.2) is 0 Å². The molecule has 3 heteroatoms. The molecule has 3 nitrogen and oxygen atoms in total. The van der Waals surface area contributed by atoms with E-state index in [9.17, 15) is 14.4 Å². The third-order valence-corrected chi connectivity index (χ3v) is 2.95. The van der Waals surface area contributed by atoms with Gasteiger partial charge in [-0.25, -0.2) is 0 Å². The number of hydrogen-bond acceptors (Lipinski definition) is 3. The lowest BCUT2D eigenvalue weighted by molar-refractivity contribution is -0.128. The molecular formula is C12H18O3. The molecule has 0 aliphatic heterocycles. The van der Waals surface area contributed by atoms with Crippen LogP contribution in [0.2, 0.25) is 0 Å². The molecule has 0 atom stereocenters. The summed E-state index contributed by atoms with van der Waals surface area (Å²) in [6, 6.07) is 0. The van der Waals surface area contributed by atoms with Gasteiger partial charge >= 0.3 is 0 Å². The second kappa shape index (κ2) is 6.49. The molecule has 0 aromatic rings. The van der Waals surface area contributed by atoms with Gasteiger partial charge in [-0.1, -0.05) is 32.1 Å². The molecule has 0 bridgehead atoms. The molecule has 15 heavy (non-hydrogen) atoms. The maximum absolute atomic E-state index is 11.5. The van der Waals surface area contributed by atoms with Gasteiger partial charge in [-0.05, 0) is 5.92 Å². The van der Waals surface area contributed by atoms with Crippen LogP contribution in [0.1, 0.15) is 51.4 Å². The molecule has 0 saturated heterocycles. The van der Waals surface area contributed by atoms with Gasteiger partial charge in [0.2, 0.25) is 0 Å². The SMILES string of the molecule is O=CCC(=O)CC(=O)CC1CCCCC1. The number of rotatable bonds is 6. The van der Waals surface area contributed by atoms with Crippen molar-refractivity contribution in [1.82, 2.24) is 0 Å². The van der Waals surface area contributed by atoms with Crippen LogP contribution in [-0.4, -0.2) is 17.9 Å². The van der Waals surface area contributed by atoms with Crippen LogP contribution >= 0.6 is 0 Å². The summed E-state index contributed by atoms with van der Waals surface area (Å²) in [4.78, 5) is 32.6. The number of aldehydes is 1. The Labute approximate surface area is 90.2 Å². The number of ketones is 2. The highest BCUT2D eigenvalue weighted by Gasteiger charge is 2.18. The number of hydrogen-bond donors (Lipinski definition) is 0. The first-order valence-corrected chi connectivity index (χ1v) is 5.69. The van der Waals surface area contributed by atoms with E-state index in [2.05, 4.69) is 0 Å². The first kappa shape index (κ1) is 12.1. The van der Waals surface area contributed by atoms with Crippen molar-refractivity contribution in [1.29, 1.82) is 0 Å². The number of carbonyl (C=O) groups is 3. The lowest BCUT2D eigenvalue weighted by Gasteiger charge is -2.20. The van der Waals surface area contributed by atoms with E-state index in [4.69, 9.17) is 0 Å². The van der Waals surface area contributed by atoms with Crippen molar-refractivity contribution in [2.45, 2.75) is 51.4 Å². The van der Waals surface area contributed by atoms with E-state index in [0.717, 1.165) is 12.8 Å². The van der Waals surface area contributed by atoms with Gasteiger partial charge in [0.05, 0.1) is 12.8 Å². The fourth-order valence-electron chi connectivity index (χ4n) is 2.17. The number of Topliss-reactive ketones (excluding diaryl/α,β-unsaturated/α-hetero) is 2. The van der Waals surface area contributed by atoms with Gasteiger partial charge in [0.1, 0.15) is 17.9 Å². The average Bonchev–Trinajstić information content (AvgIpc) is 2.19. The Balaban J connectivity index is 2.22. The zero-order chi connectivity index (χ0) is 11.1. The van der Waals surface area contributed by atoms with Crippen LogP contribution in [0.25, 0.3) is 0 Å². The highest BCUT2D eigenvalue weighted by molar-refractivity contribution is 6.03. The van der Waals surface area contributed by atoms with Crippen molar-refractivity contribution in [2.24, 2.45) is 5.92 Å². The van der Waals surface area contributed by atoms with Crippen LogP contribution in [-0.2, 0) is 14.4 Å². The molecule has 1 saturated carbocycles. The van der Waals surface area contributed by atoms with Gasteiger partial charge in [0, 0.05) is 6.42 Å². The summed E-state index contributed by atoms with van der Waals surface area (Å²) in [5.41, 5.74) is 0. The van der Waals surface area contributed by atoms with Crippen molar-refractivity contribution in [3.05, 3.63) is 0 Å². The molecule has 0 amide bonds. The first-order valence-electron chi connectivity index (χ1n) is 5.69. The Morgan fingerprint density at radius 1 is 1.07 bits per heavy atom. The fraction of sp³-hybridized carbons (Fsp3) is 0.750. The van der Waals surface area contributed by atoms with Gasteiger partial charge in [0.15, 0.2) is 0 Å². The van der Waals surface area contributed by atoms with E-state index in [1.165, 1.54) is 19.3 Å². The monoisotopic (exact) mass is 210 g/mol. The van der Waals surface area contributed by atoms with E-state index < -0.39 is 0 Å². The van der Waals surface area contributed by atoms with Crippen molar-refractivity contribution >= 4 is 17.9 Å². The predicted molar refractivity (Wildman–Crippen MR) is 56.5 cm³/mol. The number of carbonyl (C=O) groups excluding carboxylic acids is 3. The molecule has 0 N–H and O–H groups in total. The molecule has 1 aliphatic rings. The smallest absolute Gasteiger partial charge is 0.147 e. The van der Waals surface area contributed by atoms with E-state index in [0.29, 0.717) is 18.6 Å². The highest BCUT2D eigenvalue weighted by atomic mass is 16.2. The van der Waals surface area contributed by atoms with Crippen molar-refractivity contribution in [3.63, 3.8) is 0 Å². The molecule has 0 spiro atoms. The van der Waals surface area contributed by atoms with Gasteiger partial charge in [-0.15, -0.1) is 0 Å². The Morgan fingerprint density at radius 2 is 1.73 bits per heavy atom. The Bertz CT molecular complexity index is 239. The quantitative estimate of drug-likeness (QED) is 0.498. The molecule has 84 valence electrons. The lowest BCUT2D eigenvalue weighted by atomic mass is 9.85. The minimum absolute atomic E-state index is 0.00810. The van der Waals surface area contributed by atoms with Crippen LogP contribution < -0.4 is 0 Å². The van der Waals surface area contributed by atoms with E-state index >= 15 is 0 Å². The van der Waals surface area contributed by atoms with Gasteiger partial charge < -0.3 is 4.79 Å². The molecular weight excluding hydrogens is 192 g/mol. The summed E-state index contributed by atoms with van der Waals surface area (Å²) in [5.74, 6) is 0.245. The standard InChI is InChI=1S/C12H18O3/c13-7-6-11(14)9-12(15)8-10-4-2-1-3-5-10/h7,10H,1-6,8-9H2. The summed E-state index contributed by atoms with van der Waals surface area (Å²) in [6.45, 7) is 0. The van der Waals surface area contributed by atoms with Crippen LogP contribution in [0.5, 0.6) is 0 Å². The van der Waals surface area contributed by atoms with Crippen LogP contribution in [0.4, 0.5) is 0 Å². The molecule has 0 radical (unpaired) electrons. The molecule has 1 rings (SSSR count). The minimum Gasteiger partial charge on any atom is -0.303 e. The second-order valence-electron chi connectivity index (χ2n) is 4.33. The normalized spacial score (nSPS) is 17.3. The van der Waals surface area contributed by atoms with Gasteiger partial charge in [-0.3, -0.25) is 9.59 Å². The second-order valence-corrected chi connectivity index (χ2v) is 4.33. The maximum Gasteiger partial charge on any atom is 0.147 e.